The summed E-state index contributed by atoms with van der Waals surface area (Å²) in [6.45, 7) is 2.91. The van der Waals surface area contributed by atoms with E-state index < -0.39 is 0 Å². The second-order valence-corrected chi connectivity index (χ2v) is 7.11. The van der Waals surface area contributed by atoms with Gasteiger partial charge in [0.25, 0.3) is 0 Å². The van der Waals surface area contributed by atoms with E-state index in [1.165, 1.54) is 0 Å². The third-order valence-electron chi connectivity index (χ3n) is 3.46. The number of aromatic nitrogens is 3. The van der Waals surface area contributed by atoms with Gasteiger partial charge in [-0.15, -0.1) is 10.2 Å². The summed E-state index contributed by atoms with van der Waals surface area (Å²) in [5, 5.41) is 10.4. The Morgan fingerprint density at radius 1 is 1.09 bits per heavy atom. The van der Waals surface area contributed by atoms with Crippen molar-refractivity contribution in [2.45, 2.75) is 24.4 Å². The third kappa shape index (κ3) is 3.62. The summed E-state index contributed by atoms with van der Waals surface area (Å²) in [6.07, 6.45) is 0. The Morgan fingerprint density at radius 3 is 2.57 bits per heavy atom. The highest BCUT2D eigenvalue weighted by Gasteiger charge is 2.15. The van der Waals surface area contributed by atoms with Crippen LogP contribution in [0, 0.1) is 0 Å². The lowest BCUT2D eigenvalue weighted by atomic mass is 10.2. The van der Waals surface area contributed by atoms with Crippen LogP contribution in [-0.4, -0.2) is 14.8 Å². The predicted octanol–water partition coefficient (Wildman–Crippen LogP) is 5.67. The van der Waals surface area contributed by atoms with Crippen LogP contribution in [0.1, 0.15) is 12.5 Å². The molecule has 0 aliphatic carbocycles. The lowest BCUT2D eigenvalue weighted by molar-refractivity contribution is 0.687. The van der Waals surface area contributed by atoms with E-state index in [4.69, 9.17) is 11.6 Å². The molecule has 0 saturated heterocycles. The maximum absolute atomic E-state index is 6.22. The fraction of sp³-hybridized carbons (Fsp3) is 0.176. The molecule has 0 atom stereocenters. The van der Waals surface area contributed by atoms with E-state index in [0.717, 1.165) is 43.9 Å². The molecule has 3 nitrogen and oxygen atoms in total. The number of halogens is 2. The Balaban J connectivity index is 1.87. The van der Waals surface area contributed by atoms with Crippen LogP contribution < -0.4 is 0 Å². The molecule has 0 N–H and O–H groups in total. The number of hydrogen-bond donors (Lipinski definition) is 0. The largest absolute Gasteiger partial charge is 0.302 e. The summed E-state index contributed by atoms with van der Waals surface area (Å²) in [6, 6.07) is 15.9. The van der Waals surface area contributed by atoms with Gasteiger partial charge in [-0.05, 0) is 24.6 Å². The first-order valence-electron chi connectivity index (χ1n) is 7.25. The van der Waals surface area contributed by atoms with E-state index in [1.807, 2.05) is 48.5 Å². The van der Waals surface area contributed by atoms with Crippen LogP contribution in [0.4, 0.5) is 0 Å². The van der Waals surface area contributed by atoms with E-state index in [0.29, 0.717) is 0 Å². The molecular formula is C17H15BrClN3S. The van der Waals surface area contributed by atoms with Gasteiger partial charge in [0.1, 0.15) is 0 Å². The van der Waals surface area contributed by atoms with E-state index in [-0.39, 0.29) is 0 Å². The number of thioether (sulfide) groups is 1. The molecule has 0 amide bonds. The van der Waals surface area contributed by atoms with E-state index in [9.17, 15) is 0 Å². The lowest BCUT2D eigenvalue weighted by Crippen LogP contribution is -2.00. The van der Waals surface area contributed by atoms with Gasteiger partial charge in [-0.2, -0.15) is 0 Å². The molecule has 0 spiro atoms. The molecule has 0 fully saturated rings. The third-order valence-corrected chi connectivity index (χ3v) is 5.54. The number of benzene rings is 2. The molecule has 2 aromatic carbocycles. The molecule has 1 aromatic heterocycles. The molecule has 0 unspecified atom stereocenters. The van der Waals surface area contributed by atoms with E-state index in [2.05, 4.69) is 37.6 Å². The predicted molar refractivity (Wildman–Crippen MR) is 99.8 cm³/mol. The number of hydrogen-bond acceptors (Lipinski definition) is 3. The molecule has 0 radical (unpaired) electrons. The summed E-state index contributed by atoms with van der Waals surface area (Å²) in [5.74, 6) is 1.65. The molecule has 6 heteroatoms. The van der Waals surface area contributed by atoms with Gasteiger partial charge in [0, 0.05) is 27.4 Å². The maximum Gasteiger partial charge on any atom is 0.191 e. The fourth-order valence-corrected chi connectivity index (χ4v) is 4.03. The van der Waals surface area contributed by atoms with Gasteiger partial charge in [0.15, 0.2) is 11.0 Å². The highest BCUT2D eigenvalue weighted by molar-refractivity contribution is 9.10. The number of rotatable bonds is 5. The highest BCUT2D eigenvalue weighted by Crippen LogP contribution is 2.31. The van der Waals surface area contributed by atoms with Crippen molar-refractivity contribution >= 4 is 39.3 Å². The normalized spacial score (nSPS) is 10.9. The standard InChI is InChI=1S/C17H15BrClN3S/c1-2-22-16(13-8-4-5-9-14(13)18)20-21-17(22)23-11-12-7-3-6-10-15(12)19/h3-10H,2,11H2,1H3. The molecule has 0 saturated carbocycles. The molecule has 3 rings (SSSR count). The van der Waals surface area contributed by atoms with E-state index in [1.54, 1.807) is 11.8 Å². The summed E-state index contributed by atoms with van der Waals surface area (Å²) in [7, 11) is 0. The van der Waals surface area contributed by atoms with Crippen molar-refractivity contribution in [3.63, 3.8) is 0 Å². The van der Waals surface area contributed by atoms with Crippen LogP contribution in [0.25, 0.3) is 11.4 Å². The Bertz CT molecular complexity index is 819. The van der Waals surface area contributed by atoms with Crippen molar-refractivity contribution in [3.05, 3.63) is 63.6 Å². The van der Waals surface area contributed by atoms with Crippen LogP contribution in [0.3, 0.4) is 0 Å². The maximum atomic E-state index is 6.22. The van der Waals surface area contributed by atoms with Gasteiger partial charge >= 0.3 is 0 Å². The minimum Gasteiger partial charge on any atom is -0.302 e. The SMILES string of the molecule is CCn1c(SCc2ccccc2Cl)nnc1-c1ccccc1Br. The minimum absolute atomic E-state index is 0.772. The summed E-state index contributed by atoms with van der Waals surface area (Å²) in [4.78, 5) is 0. The van der Waals surface area contributed by atoms with Crippen molar-refractivity contribution in [1.29, 1.82) is 0 Å². The number of nitrogens with zero attached hydrogens (tertiary/aromatic N) is 3. The van der Waals surface area contributed by atoms with Crippen LogP contribution >= 0.6 is 39.3 Å². The molecular weight excluding hydrogens is 394 g/mol. The molecule has 23 heavy (non-hydrogen) atoms. The average Bonchev–Trinajstić information content (AvgIpc) is 2.97. The summed E-state index contributed by atoms with van der Waals surface area (Å²) >= 11 is 11.5. The van der Waals surface area contributed by atoms with Crippen molar-refractivity contribution in [2.24, 2.45) is 0 Å². The first-order valence-corrected chi connectivity index (χ1v) is 9.40. The second-order valence-electron chi connectivity index (χ2n) is 4.91. The van der Waals surface area contributed by atoms with Crippen molar-refractivity contribution in [3.8, 4) is 11.4 Å². The fourth-order valence-electron chi connectivity index (χ4n) is 2.28. The monoisotopic (exact) mass is 407 g/mol. The van der Waals surface area contributed by atoms with Crippen LogP contribution in [-0.2, 0) is 12.3 Å². The molecule has 0 aliphatic heterocycles. The minimum atomic E-state index is 0.772. The lowest BCUT2D eigenvalue weighted by Gasteiger charge is -2.09. The first-order chi connectivity index (χ1) is 11.2. The second kappa shape index (κ2) is 7.51. The highest BCUT2D eigenvalue weighted by atomic mass is 79.9. The Morgan fingerprint density at radius 2 is 1.83 bits per heavy atom. The zero-order valence-corrected chi connectivity index (χ0v) is 15.7. The van der Waals surface area contributed by atoms with E-state index >= 15 is 0 Å². The van der Waals surface area contributed by atoms with Gasteiger partial charge in [0.2, 0.25) is 0 Å². The Kier molecular flexibility index (Phi) is 5.41. The van der Waals surface area contributed by atoms with Crippen LogP contribution in [0.15, 0.2) is 58.2 Å². The van der Waals surface area contributed by atoms with Gasteiger partial charge in [-0.25, -0.2) is 0 Å². The molecule has 0 aliphatic rings. The molecule has 0 bridgehead atoms. The molecule has 3 aromatic rings. The van der Waals surface area contributed by atoms with Crippen molar-refractivity contribution in [2.75, 3.05) is 0 Å². The van der Waals surface area contributed by atoms with Crippen LogP contribution in [0.5, 0.6) is 0 Å². The van der Waals surface area contributed by atoms with Gasteiger partial charge < -0.3 is 4.57 Å². The molecule has 118 valence electrons. The molecule has 1 heterocycles. The Labute approximate surface area is 153 Å². The van der Waals surface area contributed by atoms with Crippen molar-refractivity contribution in [1.82, 2.24) is 14.8 Å². The summed E-state index contributed by atoms with van der Waals surface area (Å²) in [5.41, 5.74) is 2.15. The average molecular weight is 409 g/mol. The smallest absolute Gasteiger partial charge is 0.191 e. The van der Waals surface area contributed by atoms with Gasteiger partial charge in [-0.1, -0.05) is 75.7 Å². The quantitative estimate of drug-likeness (QED) is 0.509. The Hall–Kier alpha value is -1.30. The first kappa shape index (κ1) is 16.6. The zero-order valence-electron chi connectivity index (χ0n) is 12.5. The van der Waals surface area contributed by atoms with Crippen LogP contribution in [0.2, 0.25) is 5.02 Å². The topological polar surface area (TPSA) is 30.7 Å². The van der Waals surface area contributed by atoms with Gasteiger partial charge in [-0.3, -0.25) is 0 Å². The van der Waals surface area contributed by atoms with Gasteiger partial charge in [0.05, 0.1) is 0 Å². The zero-order chi connectivity index (χ0) is 16.2. The summed E-state index contributed by atoms with van der Waals surface area (Å²) < 4.78 is 3.14. The van der Waals surface area contributed by atoms with Crippen molar-refractivity contribution < 1.29 is 0 Å².